The number of ether oxygens (including phenoxy) is 3. The van der Waals surface area contributed by atoms with Crippen molar-refractivity contribution in [3.63, 3.8) is 0 Å². The van der Waals surface area contributed by atoms with Crippen molar-refractivity contribution in [2.45, 2.75) is 38.1 Å². The van der Waals surface area contributed by atoms with Crippen LogP contribution in [0.15, 0.2) is 42.5 Å². The summed E-state index contributed by atoms with van der Waals surface area (Å²) in [6, 6.07) is 12.8. The van der Waals surface area contributed by atoms with Gasteiger partial charge in [-0.2, -0.15) is 0 Å². The molecular formula is C23H24N2O5. The second-order valence-electron chi connectivity index (χ2n) is 7.66. The maximum atomic E-state index is 12.8. The van der Waals surface area contributed by atoms with Gasteiger partial charge < -0.3 is 24.3 Å². The molecule has 0 radical (unpaired) electrons. The standard InChI is InChI=1S/C23H24N2O5/c1-3-20(26)25-17(23(27)28-2)11-15-14-6-4-5-7-16(14)24-21(15)22(25)13-8-9-18-19(10-13)30-12-29-18/h4-10,17,20,22,24,26H,3,11-12H2,1-2H3/t17?,20?,22-/m1/s1. The Morgan fingerprint density at radius 3 is 2.87 bits per heavy atom. The number of nitrogens with one attached hydrogen (secondary N) is 1. The number of aromatic nitrogens is 1. The lowest BCUT2D eigenvalue weighted by molar-refractivity contribution is -0.155. The van der Waals surface area contributed by atoms with Crippen LogP contribution in [0.1, 0.15) is 36.2 Å². The first-order chi connectivity index (χ1) is 14.6. The summed E-state index contributed by atoms with van der Waals surface area (Å²) in [5.41, 5.74) is 3.96. The second-order valence-corrected chi connectivity index (χ2v) is 7.66. The number of methoxy groups -OCH3 is 1. The smallest absolute Gasteiger partial charge is 0.323 e. The van der Waals surface area contributed by atoms with E-state index in [4.69, 9.17) is 14.2 Å². The number of carbonyl (C=O) groups excluding carboxylic acids is 1. The van der Waals surface area contributed by atoms with E-state index in [1.165, 1.54) is 7.11 Å². The van der Waals surface area contributed by atoms with E-state index in [0.29, 0.717) is 24.3 Å². The van der Waals surface area contributed by atoms with Crippen LogP contribution in [0.4, 0.5) is 0 Å². The van der Waals surface area contributed by atoms with Gasteiger partial charge in [-0.05, 0) is 35.7 Å². The van der Waals surface area contributed by atoms with Gasteiger partial charge in [-0.3, -0.25) is 9.69 Å². The molecule has 3 aromatic rings. The maximum Gasteiger partial charge on any atom is 0.323 e. The average molecular weight is 408 g/mol. The molecule has 30 heavy (non-hydrogen) atoms. The molecule has 2 unspecified atom stereocenters. The van der Waals surface area contributed by atoms with Crippen molar-refractivity contribution in [1.82, 2.24) is 9.88 Å². The predicted octanol–water partition coefficient (Wildman–Crippen LogP) is 3.11. The third-order valence-electron chi connectivity index (χ3n) is 6.07. The molecule has 7 nitrogen and oxygen atoms in total. The first kappa shape index (κ1) is 19.0. The van der Waals surface area contributed by atoms with Crippen molar-refractivity contribution in [3.8, 4) is 11.5 Å². The topological polar surface area (TPSA) is 84.0 Å². The zero-order valence-corrected chi connectivity index (χ0v) is 16.9. The lowest BCUT2D eigenvalue weighted by Gasteiger charge is -2.43. The van der Waals surface area contributed by atoms with Gasteiger partial charge in [0.05, 0.1) is 13.2 Å². The summed E-state index contributed by atoms with van der Waals surface area (Å²) in [6.45, 7) is 2.09. The second kappa shape index (κ2) is 7.34. The molecule has 0 fully saturated rings. The molecule has 0 amide bonds. The molecule has 156 valence electrons. The largest absolute Gasteiger partial charge is 0.468 e. The molecule has 0 saturated heterocycles. The highest BCUT2D eigenvalue weighted by Gasteiger charge is 2.44. The summed E-state index contributed by atoms with van der Waals surface area (Å²) >= 11 is 0. The monoisotopic (exact) mass is 408 g/mol. The van der Waals surface area contributed by atoms with Crippen LogP contribution in [-0.2, 0) is 16.0 Å². The van der Waals surface area contributed by atoms with E-state index < -0.39 is 12.3 Å². The normalized spacial score (nSPS) is 21.4. The van der Waals surface area contributed by atoms with Crippen molar-refractivity contribution >= 4 is 16.9 Å². The Morgan fingerprint density at radius 1 is 1.27 bits per heavy atom. The SMILES string of the molecule is CCC(O)N1C(C(=O)OC)Cc2c([nH]c3ccccc23)[C@H]1c1ccc2c(c1)OCO2. The van der Waals surface area contributed by atoms with Crippen molar-refractivity contribution in [2.24, 2.45) is 0 Å². The van der Waals surface area contributed by atoms with E-state index in [1.54, 1.807) is 0 Å². The molecular weight excluding hydrogens is 384 g/mol. The molecule has 0 spiro atoms. The highest BCUT2D eigenvalue weighted by molar-refractivity contribution is 5.87. The van der Waals surface area contributed by atoms with E-state index in [0.717, 1.165) is 27.7 Å². The summed E-state index contributed by atoms with van der Waals surface area (Å²) in [5, 5.41) is 12.1. The summed E-state index contributed by atoms with van der Waals surface area (Å²) in [7, 11) is 1.39. The number of rotatable bonds is 4. The quantitative estimate of drug-likeness (QED) is 0.646. The molecule has 0 bridgehead atoms. The van der Waals surface area contributed by atoms with Crippen LogP contribution in [-0.4, -0.2) is 47.1 Å². The average Bonchev–Trinajstić information content (AvgIpc) is 3.40. The van der Waals surface area contributed by atoms with E-state index in [2.05, 4.69) is 11.1 Å². The first-order valence-corrected chi connectivity index (χ1v) is 10.1. The Labute approximate surface area is 174 Å². The summed E-state index contributed by atoms with van der Waals surface area (Å²) < 4.78 is 16.2. The fourth-order valence-corrected chi connectivity index (χ4v) is 4.66. The number of nitrogens with zero attached hydrogens (tertiary/aromatic N) is 1. The molecule has 2 aliphatic rings. The van der Waals surface area contributed by atoms with E-state index in [1.807, 2.05) is 48.2 Å². The molecule has 7 heteroatoms. The number of aliphatic hydroxyl groups excluding tert-OH is 1. The number of hydrogen-bond acceptors (Lipinski definition) is 6. The number of fused-ring (bicyclic) bond motifs is 4. The number of H-pyrrole nitrogens is 1. The minimum atomic E-state index is -0.816. The van der Waals surface area contributed by atoms with Crippen LogP contribution >= 0.6 is 0 Å². The first-order valence-electron chi connectivity index (χ1n) is 10.1. The molecule has 3 heterocycles. The van der Waals surface area contributed by atoms with Crippen molar-refractivity contribution in [1.29, 1.82) is 0 Å². The molecule has 2 aliphatic heterocycles. The van der Waals surface area contributed by atoms with Gasteiger partial charge in [0.25, 0.3) is 0 Å². The Kier molecular flexibility index (Phi) is 4.64. The fourth-order valence-electron chi connectivity index (χ4n) is 4.66. The van der Waals surface area contributed by atoms with Crippen LogP contribution in [0.25, 0.3) is 10.9 Å². The molecule has 2 aromatic carbocycles. The lowest BCUT2D eigenvalue weighted by atomic mass is 9.87. The summed E-state index contributed by atoms with van der Waals surface area (Å²) in [5.74, 6) is 0.999. The van der Waals surface area contributed by atoms with Crippen molar-refractivity contribution in [3.05, 3.63) is 59.3 Å². The van der Waals surface area contributed by atoms with Crippen molar-refractivity contribution in [2.75, 3.05) is 13.9 Å². The third-order valence-corrected chi connectivity index (χ3v) is 6.07. The number of aromatic amines is 1. The highest BCUT2D eigenvalue weighted by atomic mass is 16.7. The van der Waals surface area contributed by atoms with Gasteiger partial charge in [0.15, 0.2) is 11.5 Å². The van der Waals surface area contributed by atoms with E-state index in [9.17, 15) is 9.90 Å². The molecule has 2 N–H and O–H groups in total. The molecule has 3 atom stereocenters. The minimum Gasteiger partial charge on any atom is -0.468 e. The number of esters is 1. The Bertz CT molecular complexity index is 1110. The van der Waals surface area contributed by atoms with Crippen LogP contribution < -0.4 is 9.47 Å². The zero-order valence-electron chi connectivity index (χ0n) is 16.9. The van der Waals surface area contributed by atoms with Gasteiger partial charge in [0, 0.05) is 23.0 Å². The minimum absolute atomic E-state index is 0.188. The number of benzene rings is 2. The van der Waals surface area contributed by atoms with Gasteiger partial charge in [-0.15, -0.1) is 0 Å². The van der Waals surface area contributed by atoms with Gasteiger partial charge in [0.1, 0.15) is 12.3 Å². The van der Waals surface area contributed by atoms with Crippen LogP contribution in [0, 0.1) is 0 Å². The van der Waals surface area contributed by atoms with Crippen LogP contribution in [0.3, 0.4) is 0 Å². The Balaban J connectivity index is 1.74. The molecule has 5 rings (SSSR count). The summed E-state index contributed by atoms with van der Waals surface area (Å²) in [6.07, 6.45) is 0.123. The van der Waals surface area contributed by atoms with Gasteiger partial charge in [0.2, 0.25) is 6.79 Å². The molecule has 0 saturated carbocycles. The maximum absolute atomic E-state index is 12.8. The van der Waals surface area contributed by atoms with Gasteiger partial charge in [-0.25, -0.2) is 0 Å². The predicted molar refractivity (Wildman–Crippen MR) is 110 cm³/mol. The fraction of sp³-hybridized carbons (Fsp3) is 0.348. The van der Waals surface area contributed by atoms with E-state index >= 15 is 0 Å². The molecule has 1 aromatic heterocycles. The number of para-hydroxylation sites is 1. The van der Waals surface area contributed by atoms with E-state index in [-0.39, 0.29) is 18.8 Å². The van der Waals surface area contributed by atoms with Gasteiger partial charge in [-0.1, -0.05) is 31.2 Å². The van der Waals surface area contributed by atoms with Gasteiger partial charge >= 0.3 is 5.97 Å². The van der Waals surface area contributed by atoms with Crippen LogP contribution in [0.5, 0.6) is 11.5 Å². The summed E-state index contributed by atoms with van der Waals surface area (Å²) in [4.78, 5) is 18.2. The Hall–Kier alpha value is -3.03. The molecule has 0 aliphatic carbocycles. The zero-order chi connectivity index (χ0) is 20.8. The highest BCUT2D eigenvalue weighted by Crippen LogP contribution is 2.44. The number of carbonyl (C=O) groups is 1. The number of aliphatic hydroxyl groups is 1. The Morgan fingerprint density at radius 2 is 2.07 bits per heavy atom. The third kappa shape index (κ3) is 2.85. The number of hydrogen-bond donors (Lipinski definition) is 2. The van der Waals surface area contributed by atoms with Crippen LogP contribution in [0.2, 0.25) is 0 Å². The lowest BCUT2D eigenvalue weighted by Crippen LogP contribution is -2.53. The van der Waals surface area contributed by atoms with Crippen molar-refractivity contribution < 1.29 is 24.1 Å².